The molecule has 0 spiro atoms. The summed E-state index contributed by atoms with van der Waals surface area (Å²) >= 11 is 12.2. The first-order valence-corrected chi connectivity index (χ1v) is 7.96. The number of rotatable bonds is 3. The van der Waals surface area contributed by atoms with E-state index in [1.807, 2.05) is 6.07 Å². The lowest BCUT2D eigenvalue weighted by molar-refractivity contribution is 0.0636. The van der Waals surface area contributed by atoms with Gasteiger partial charge in [0.15, 0.2) is 0 Å². The summed E-state index contributed by atoms with van der Waals surface area (Å²) in [5.41, 5.74) is 0.167. The van der Waals surface area contributed by atoms with Gasteiger partial charge in [0.05, 0.1) is 10.6 Å². The number of nitrogens with one attached hydrogen (secondary N) is 1. The molecule has 0 atom stereocenters. The average Bonchev–Trinajstić information content (AvgIpc) is 2.49. The number of carbonyl (C=O) groups is 1. The summed E-state index contributed by atoms with van der Waals surface area (Å²) in [6, 6.07) is 8.04. The Kier molecular flexibility index (Phi) is 5.73. The van der Waals surface area contributed by atoms with E-state index in [1.165, 1.54) is 18.3 Å². The maximum absolute atomic E-state index is 11.8. The molecule has 1 heterocycles. The van der Waals surface area contributed by atoms with E-state index in [-0.39, 0.29) is 15.9 Å². The molecule has 1 N–H and O–H groups in total. The van der Waals surface area contributed by atoms with Crippen LogP contribution in [-0.2, 0) is 4.74 Å². The Morgan fingerprint density at radius 3 is 2.52 bits per heavy atom. The number of anilines is 1. The highest BCUT2D eigenvalue weighted by atomic mass is 35.5. The highest BCUT2D eigenvalue weighted by molar-refractivity contribution is 6.33. The van der Waals surface area contributed by atoms with E-state index in [9.17, 15) is 4.79 Å². The van der Waals surface area contributed by atoms with Crippen molar-refractivity contribution in [2.75, 3.05) is 5.32 Å². The van der Waals surface area contributed by atoms with Gasteiger partial charge in [-0.1, -0.05) is 23.2 Å². The van der Waals surface area contributed by atoms with E-state index >= 15 is 0 Å². The molecule has 0 saturated carbocycles. The van der Waals surface area contributed by atoms with Crippen molar-refractivity contribution in [2.24, 2.45) is 0 Å². The lowest BCUT2D eigenvalue weighted by Crippen LogP contribution is -2.27. The summed E-state index contributed by atoms with van der Waals surface area (Å²) in [6.07, 6.45) is 0.752. The number of hydrogen-bond acceptors (Lipinski definition) is 5. The van der Waals surface area contributed by atoms with Crippen molar-refractivity contribution in [3.63, 3.8) is 0 Å². The Hall–Kier alpha value is -2.49. The molecule has 0 saturated heterocycles. The molecule has 25 heavy (non-hydrogen) atoms. The SMILES string of the molecule is CC(C)(C)OC(=O)Nc1ccc(Oc2ncc(C#N)cc2Cl)c(Cl)c1. The van der Waals surface area contributed by atoms with E-state index in [0.29, 0.717) is 17.0 Å². The summed E-state index contributed by atoms with van der Waals surface area (Å²) in [5.74, 6) is 0.422. The van der Waals surface area contributed by atoms with Crippen LogP contribution in [0.2, 0.25) is 10.0 Å². The van der Waals surface area contributed by atoms with Crippen LogP contribution in [0, 0.1) is 11.3 Å². The van der Waals surface area contributed by atoms with Crippen LogP contribution in [0.5, 0.6) is 11.6 Å². The summed E-state index contributed by atoms with van der Waals surface area (Å²) < 4.78 is 10.7. The van der Waals surface area contributed by atoms with Crippen molar-refractivity contribution in [1.82, 2.24) is 4.98 Å². The smallest absolute Gasteiger partial charge is 0.412 e. The molecule has 2 rings (SSSR count). The molecule has 8 heteroatoms. The highest BCUT2D eigenvalue weighted by Crippen LogP contribution is 2.34. The fourth-order valence-corrected chi connectivity index (χ4v) is 2.17. The van der Waals surface area contributed by atoms with Crippen LogP contribution in [0.3, 0.4) is 0 Å². The summed E-state index contributed by atoms with van der Waals surface area (Å²) in [4.78, 5) is 15.7. The Morgan fingerprint density at radius 1 is 1.24 bits per heavy atom. The monoisotopic (exact) mass is 379 g/mol. The third kappa shape index (κ3) is 5.52. The number of nitrogens with zero attached hydrogens (tertiary/aromatic N) is 2. The van der Waals surface area contributed by atoms with E-state index in [4.69, 9.17) is 37.9 Å². The van der Waals surface area contributed by atoms with Crippen LogP contribution < -0.4 is 10.1 Å². The molecule has 6 nitrogen and oxygen atoms in total. The lowest BCUT2D eigenvalue weighted by Gasteiger charge is -2.19. The second-order valence-electron chi connectivity index (χ2n) is 6.00. The molecule has 0 radical (unpaired) electrons. The van der Waals surface area contributed by atoms with Gasteiger partial charge in [-0.15, -0.1) is 0 Å². The van der Waals surface area contributed by atoms with Crippen LogP contribution in [-0.4, -0.2) is 16.7 Å². The first-order chi connectivity index (χ1) is 11.7. The third-order valence-corrected chi connectivity index (χ3v) is 3.29. The molecular formula is C17H15Cl2N3O3. The topological polar surface area (TPSA) is 84.2 Å². The Balaban J connectivity index is 2.12. The van der Waals surface area contributed by atoms with Crippen LogP contribution in [0.25, 0.3) is 0 Å². The maximum Gasteiger partial charge on any atom is 0.412 e. The minimum atomic E-state index is -0.602. The third-order valence-electron chi connectivity index (χ3n) is 2.72. The number of ether oxygens (including phenoxy) is 2. The van der Waals surface area contributed by atoms with Crippen LogP contribution in [0.15, 0.2) is 30.5 Å². The Morgan fingerprint density at radius 2 is 1.96 bits per heavy atom. The van der Waals surface area contributed by atoms with Gasteiger partial charge in [-0.25, -0.2) is 9.78 Å². The number of pyridine rings is 1. The first kappa shape index (κ1) is 18.8. The fraction of sp³-hybridized carbons (Fsp3) is 0.235. The Bertz CT molecular complexity index is 842. The molecule has 130 valence electrons. The van der Waals surface area contributed by atoms with Crippen molar-refractivity contribution < 1.29 is 14.3 Å². The average molecular weight is 380 g/mol. The molecule has 0 aliphatic rings. The summed E-state index contributed by atoms with van der Waals surface area (Å²) in [7, 11) is 0. The van der Waals surface area contributed by atoms with Gasteiger partial charge in [-0.3, -0.25) is 5.32 Å². The van der Waals surface area contributed by atoms with E-state index in [0.717, 1.165) is 0 Å². The van der Waals surface area contributed by atoms with Gasteiger partial charge in [0.25, 0.3) is 0 Å². The van der Waals surface area contributed by atoms with E-state index < -0.39 is 11.7 Å². The number of hydrogen-bond donors (Lipinski definition) is 1. The van der Waals surface area contributed by atoms with Crippen molar-refractivity contribution >= 4 is 35.0 Å². The molecular weight excluding hydrogens is 365 g/mol. The minimum Gasteiger partial charge on any atom is -0.444 e. The molecule has 0 bridgehead atoms. The fourth-order valence-electron chi connectivity index (χ4n) is 1.75. The number of nitriles is 1. The van der Waals surface area contributed by atoms with Crippen LogP contribution >= 0.6 is 23.2 Å². The largest absolute Gasteiger partial charge is 0.444 e. The van der Waals surface area contributed by atoms with Crippen molar-refractivity contribution in [2.45, 2.75) is 26.4 Å². The van der Waals surface area contributed by atoms with Crippen LogP contribution in [0.4, 0.5) is 10.5 Å². The number of benzene rings is 1. The number of amides is 1. The zero-order valence-corrected chi connectivity index (χ0v) is 15.3. The maximum atomic E-state index is 11.8. The second kappa shape index (κ2) is 7.60. The van der Waals surface area contributed by atoms with Gasteiger partial charge in [-0.2, -0.15) is 5.26 Å². The molecule has 0 fully saturated rings. The summed E-state index contributed by atoms with van der Waals surface area (Å²) in [6.45, 7) is 5.31. The molecule has 0 aliphatic heterocycles. The van der Waals surface area contributed by atoms with Gasteiger partial charge in [0.2, 0.25) is 5.88 Å². The van der Waals surface area contributed by atoms with Gasteiger partial charge < -0.3 is 9.47 Å². The predicted octanol–water partition coefficient (Wildman–Crippen LogP) is 5.40. The van der Waals surface area contributed by atoms with Gasteiger partial charge >= 0.3 is 6.09 Å². The van der Waals surface area contributed by atoms with Crippen molar-refractivity contribution in [3.05, 3.63) is 46.1 Å². The number of aromatic nitrogens is 1. The quantitative estimate of drug-likeness (QED) is 0.771. The standard InChI is InChI=1S/C17H15Cl2N3O3/c1-17(2,3)25-16(23)22-11-4-5-14(12(18)7-11)24-15-13(19)6-10(8-20)9-21-15/h4-7,9H,1-3H3,(H,22,23). The van der Waals surface area contributed by atoms with E-state index in [2.05, 4.69) is 10.3 Å². The van der Waals surface area contributed by atoms with Crippen molar-refractivity contribution in [1.29, 1.82) is 5.26 Å². The molecule has 0 unspecified atom stereocenters. The molecule has 2 aromatic rings. The molecule has 0 aliphatic carbocycles. The van der Waals surface area contributed by atoms with E-state index in [1.54, 1.807) is 32.9 Å². The van der Waals surface area contributed by atoms with Gasteiger partial charge in [0.1, 0.15) is 22.4 Å². The summed E-state index contributed by atoms with van der Waals surface area (Å²) in [5, 5.41) is 11.8. The van der Waals surface area contributed by atoms with Crippen molar-refractivity contribution in [3.8, 4) is 17.7 Å². The molecule has 1 aromatic heterocycles. The molecule has 1 aromatic carbocycles. The highest BCUT2D eigenvalue weighted by Gasteiger charge is 2.17. The normalized spacial score (nSPS) is 10.7. The Labute approximate surface area is 155 Å². The predicted molar refractivity (Wildman–Crippen MR) is 95.3 cm³/mol. The zero-order chi connectivity index (χ0) is 18.6. The molecule has 1 amide bonds. The van der Waals surface area contributed by atoms with Gasteiger partial charge in [0, 0.05) is 11.9 Å². The van der Waals surface area contributed by atoms with Crippen LogP contribution in [0.1, 0.15) is 26.3 Å². The van der Waals surface area contributed by atoms with Gasteiger partial charge in [-0.05, 0) is 45.0 Å². The minimum absolute atomic E-state index is 0.121. The number of carbonyl (C=O) groups excluding carboxylic acids is 1. The second-order valence-corrected chi connectivity index (χ2v) is 6.81. The first-order valence-electron chi connectivity index (χ1n) is 7.21. The lowest BCUT2D eigenvalue weighted by atomic mass is 10.2. The number of halogens is 2. The zero-order valence-electron chi connectivity index (χ0n) is 13.8.